The van der Waals surface area contributed by atoms with E-state index in [-0.39, 0.29) is 17.9 Å². The number of carbonyl (C=O) groups excluding carboxylic acids is 2. The van der Waals surface area contributed by atoms with Crippen LogP contribution in [0.3, 0.4) is 0 Å². The molecule has 2 saturated heterocycles. The zero-order valence-corrected chi connectivity index (χ0v) is 14.3. The Kier molecular flexibility index (Phi) is 5.23. The van der Waals surface area contributed by atoms with Gasteiger partial charge in [0.2, 0.25) is 5.91 Å². The van der Waals surface area contributed by atoms with Crippen LogP contribution < -0.4 is 15.5 Å². The van der Waals surface area contributed by atoms with E-state index in [0.717, 1.165) is 37.3 Å². The Morgan fingerprint density at radius 3 is 2.38 bits per heavy atom. The first-order chi connectivity index (χ1) is 11.7. The first-order valence-electron chi connectivity index (χ1n) is 8.80. The minimum Gasteiger partial charge on any atom is -0.370 e. The lowest BCUT2D eigenvalue weighted by Gasteiger charge is -2.31. The maximum Gasteiger partial charge on any atom is 0.321 e. The van der Waals surface area contributed by atoms with Crippen molar-refractivity contribution < 1.29 is 9.59 Å². The summed E-state index contributed by atoms with van der Waals surface area (Å²) in [6.07, 6.45) is 3.85. The van der Waals surface area contributed by atoms with Crippen molar-refractivity contribution in [2.45, 2.75) is 25.7 Å². The maximum absolute atomic E-state index is 12.6. The number of urea groups is 1. The number of likely N-dealkylation sites (tertiary alicyclic amines) is 1. The van der Waals surface area contributed by atoms with Gasteiger partial charge in [-0.15, -0.1) is 0 Å². The summed E-state index contributed by atoms with van der Waals surface area (Å²) in [7, 11) is 1.66. The lowest BCUT2D eigenvalue weighted by Crippen LogP contribution is -2.44. The van der Waals surface area contributed by atoms with Gasteiger partial charge in [-0.05, 0) is 37.8 Å². The number of nitrogens with one attached hydrogen (secondary N) is 2. The molecule has 6 heteroatoms. The first kappa shape index (κ1) is 16.6. The third kappa shape index (κ3) is 3.63. The highest BCUT2D eigenvalue weighted by molar-refractivity contribution is 5.93. The Morgan fingerprint density at radius 2 is 1.71 bits per heavy atom. The van der Waals surface area contributed by atoms with E-state index in [1.807, 2.05) is 18.2 Å². The molecule has 0 aromatic heterocycles. The number of anilines is 2. The lowest BCUT2D eigenvalue weighted by molar-refractivity contribution is -0.125. The number of amides is 3. The molecular weight excluding hydrogens is 304 g/mol. The monoisotopic (exact) mass is 330 g/mol. The van der Waals surface area contributed by atoms with Gasteiger partial charge in [0.1, 0.15) is 0 Å². The number of rotatable bonds is 3. The summed E-state index contributed by atoms with van der Waals surface area (Å²) in [5.74, 6) is 0.102. The molecule has 2 heterocycles. The molecule has 2 aliphatic rings. The standard InChI is InChI=1S/C18H26N4O2/c1-19-17(23)14-8-12-22(13-9-14)18(24)20-15-6-2-3-7-16(15)21-10-4-5-11-21/h2-3,6-7,14H,4-5,8-13H2,1H3,(H,19,23)(H,20,24). The lowest BCUT2D eigenvalue weighted by atomic mass is 9.96. The molecule has 0 unspecified atom stereocenters. The second kappa shape index (κ2) is 7.55. The molecule has 0 aliphatic carbocycles. The van der Waals surface area contributed by atoms with E-state index in [1.54, 1.807) is 11.9 Å². The molecule has 0 radical (unpaired) electrons. The van der Waals surface area contributed by atoms with Crippen LogP contribution in [0.15, 0.2) is 24.3 Å². The van der Waals surface area contributed by atoms with E-state index in [0.29, 0.717) is 13.1 Å². The summed E-state index contributed by atoms with van der Waals surface area (Å²) >= 11 is 0. The largest absolute Gasteiger partial charge is 0.370 e. The number of benzene rings is 1. The van der Waals surface area contributed by atoms with Crippen molar-refractivity contribution in [2.24, 2.45) is 5.92 Å². The first-order valence-corrected chi connectivity index (χ1v) is 8.80. The van der Waals surface area contributed by atoms with Crippen molar-refractivity contribution in [1.82, 2.24) is 10.2 Å². The third-order valence-electron chi connectivity index (χ3n) is 4.99. The van der Waals surface area contributed by atoms with Gasteiger partial charge in [-0.25, -0.2) is 4.79 Å². The van der Waals surface area contributed by atoms with Gasteiger partial charge in [0.15, 0.2) is 0 Å². The minimum atomic E-state index is -0.0722. The van der Waals surface area contributed by atoms with E-state index in [9.17, 15) is 9.59 Å². The highest BCUT2D eigenvalue weighted by Crippen LogP contribution is 2.29. The molecule has 6 nitrogen and oxygen atoms in total. The SMILES string of the molecule is CNC(=O)C1CCN(C(=O)Nc2ccccc2N2CCCC2)CC1. The molecule has 3 amide bonds. The fraction of sp³-hybridized carbons (Fsp3) is 0.556. The zero-order chi connectivity index (χ0) is 16.9. The zero-order valence-electron chi connectivity index (χ0n) is 14.3. The van der Waals surface area contributed by atoms with Gasteiger partial charge in [-0.1, -0.05) is 12.1 Å². The molecule has 2 aliphatic heterocycles. The summed E-state index contributed by atoms with van der Waals surface area (Å²) in [6, 6.07) is 7.92. The Balaban J connectivity index is 1.61. The predicted octanol–water partition coefficient (Wildman–Crippen LogP) is 2.28. The Morgan fingerprint density at radius 1 is 1.04 bits per heavy atom. The van der Waals surface area contributed by atoms with Crippen LogP contribution in [0.5, 0.6) is 0 Å². The molecule has 2 fully saturated rings. The fourth-order valence-corrected chi connectivity index (χ4v) is 3.56. The van der Waals surface area contributed by atoms with Crippen molar-refractivity contribution in [3.05, 3.63) is 24.3 Å². The molecule has 0 atom stereocenters. The van der Waals surface area contributed by atoms with Crippen LogP contribution in [0.2, 0.25) is 0 Å². The maximum atomic E-state index is 12.6. The van der Waals surface area contributed by atoms with Gasteiger partial charge in [-0.2, -0.15) is 0 Å². The quantitative estimate of drug-likeness (QED) is 0.894. The van der Waals surface area contributed by atoms with Gasteiger partial charge in [0.05, 0.1) is 11.4 Å². The van der Waals surface area contributed by atoms with Crippen molar-refractivity contribution in [3.63, 3.8) is 0 Å². The predicted molar refractivity (Wildman–Crippen MR) is 95.3 cm³/mol. The van der Waals surface area contributed by atoms with E-state index in [1.165, 1.54) is 12.8 Å². The normalized spacial score (nSPS) is 18.5. The van der Waals surface area contributed by atoms with Gasteiger partial charge in [0.25, 0.3) is 0 Å². The molecule has 130 valence electrons. The Hall–Kier alpha value is -2.24. The van der Waals surface area contributed by atoms with Gasteiger partial charge < -0.3 is 20.4 Å². The molecular formula is C18H26N4O2. The number of hydrogen-bond donors (Lipinski definition) is 2. The molecule has 2 N–H and O–H groups in total. The van der Waals surface area contributed by atoms with Crippen molar-refractivity contribution >= 4 is 23.3 Å². The van der Waals surface area contributed by atoms with Crippen LogP contribution in [-0.2, 0) is 4.79 Å². The highest BCUT2D eigenvalue weighted by atomic mass is 16.2. The third-order valence-corrected chi connectivity index (χ3v) is 4.99. The average molecular weight is 330 g/mol. The van der Waals surface area contributed by atoms with Gasteiger partial charge >= 0.3 is 6.03 Å². The number of piperidine rings is 1. The smallest absolute Gasteiger partial charge is 0.321 e. The van der Waals surface area contributed by atoms with Crippen molar-refractivity contribution in [3.8, 4) is 0 Å². The van der Waals surface area contributed by atoms with Crippen molar-refractivity contribution in [1.29, 1.82) is 0 Å². The number of carbonyl (C=O) groups is 2. The molecule has 0 spiro atoms. The van der Waals surface area contributed by atoms with E-state index < -0.39 is 0 Å². The Labute approximate surface area is 143 Å². The number of nitrogens with zero attached hydrogens (tertiary/aromatic N) is 2. The topological polar surface area (TPSA) is 64.7 Å². The van der Waals surface area contributed by atoms with E-state index in [2.05, 4.69) is 21.6 Å². The van der Waals surface area contributed by atoms with E-state index >= 15 is 0 Å². The number of hydrogen-bond acceptors (Lipinski definition) is 3. The van der Waals surface area contributed by atoms with Crippen LogP contribution in [0.25, 0.3) is 0 Å². The van der Waals surface area contributed by atoms with Crippen LogP contribution in [0.1, 0.15) is 25.7 Å². The highest BCUT2D eigenvalue weighted by Gasteiger charge is 2.27. The molecule has 24 heavy (non-hydrogen) atoms. The summed E-state index contributed by atoms with van der Waals surface area (Å²) in [6.45, 7) is 3.33. The summed E-state index contributed by atoms with van der Waals surface area (Å²) < 4.78 is 0. The van der Waals surface area contributed by atoms with Gasteiger partial charge in [-0.3, -0.25) is 4.79 Å². The summed E-state index contributed by atoms with van der Waals surface area (Å²) in [4.78, 5) is 28.4. The minimum absolute atomic E-state index is 0.0240. The fourth-order valence-electron chi connectivity index (χ4n) is 3.56. The van der Waals surface area contributed by atoms with E-state index in [4.69, 9.17) is 0 Å². The second-order valence-corrected chi connectivity index (χ2v) is 6.52. The molecule has 3 rings (SSSR count). The second-order valence-electron chi connectivity index (χ2n) is 6.52. The molecule has 1 aromatic carbocycles. The van der Waals surface area contributed by atoms with Crippen LogP contribution >= 0.6 is 0 Å². The van der Waals surface area contributed by atoms with Crippen LogP contribution in [-0.4, -0.2) is 50.1 Å². The summed E-state index contributed by atoms with van der Waals surface area (Å²) in [5.41, 5.74) is 1.97. The summed E-state index contributed by atoms with van der Waals surface area (Å²) in [5, 5.41) is 5.75. The molecule has 0 bridgehead atoms. The average Bonchev–Trinajstić information content (AvgIpc) is 3.16. The van der Waals surface area contributed by atoms with Crippen LogP contribution in [0.4, 0.5) is 16.2 Å². The number of para-hydroxylation sites is 2. The van der Waals surface area contributed by atoms with Crippen molar-refractivity contribution in [2.75, 3.05) is 43.4 Å². The Bertz CT molecular complexity index is 590. The molecule has 0 saturated carbocycles. The van der Waals surface area contributed by atoms with Crippen LogP contribution in [0, 0.1) is 5.92 Å². The molecule has 1 aromatic rings. The van der Waals surface area contributed by atoms with Gasteiger partial charge in [0, 0.05) is 39.1 Å².